The summed E-state index contributed by atoms with van der Waals surface area (Å²) in [5, 5.41) is 0. The lowest BCUT2D eigenvalue weighted by atomic mass is 9.98. The summed E-state index contributed by atoms with van der Waals surface area (Å²) in [5.74, 6) is -0.265. The number of hydrogen-bond acceptors (Lipinski definition) is 2. The zero-order valence-corrected chi connectivity index (χ0v) is 11.7. The lowest BCUT2D eigenvalue weighted by Gasteiger charge is -2.29. The average Bonchev–Trinajstić information content (AvgIpc) is 2.51. The highest BCUT2D eigenvalue weighted by Gasteiger charge is 2.24. The van der Waals surface area contributed by atoms with E-state index in [4.69, 9.17) is 5.73 Å². The Labute approximate surface area is 123 Å². The van der Waals surface area contributed by atoms with Gasteiger partial charge in [-0.25, -0.2) is 4.39 Å². The summed E-state index contributed by atoms with van der Waals surface area (Å²) >= 11 is 0. The summed E-state index contributed by atoms with van der Waals surface area (Å²) in [6.07, 6.45) is 0.848. The Morgan fingerprint density at radius 3 is 2.76 bits per heavy atom. The van der Waals surface area contributed by atoms with E-state index in [9.17, 15) is 9.18 Å². The van der Waals surface area contributed by atoms with E-state index in [0.717, 1.165) is 28.7 Å². The molecule has 3 nitrogen and oxygen atoms in total. The van der Waals surface area contributed by atoms with Crippen molar-refractivity contribution in [1.29, 1.82) is 0 Å². The van der Waals surface area contributed by atoms with E-state index in [-0.39, 0.29) is 18.3 Å². The van der Waals surface area contributed by atoms with Gasteiger partial charge in [-0.1, -0.05) is 24.3 Å². The van der Waals surface area contributed by atoms with Crippen LogP contribution in [0.15, 0.2) is 42.5 Å². The SMILES string of the molecule is NCc1cc(F)ccc1CN1CCc2ccccc2C1=O. The first-order valence-electron chi connectivity index (χ1n) is 7.03. The number of halogens is 1. The maximum atomic E-state index is 13.3. The zero-order valence-electron chi connectivity index (χ0n) is 11.7. The fourth-order valence-corrected chi connectivity index (χ4v) is 2.77. The van der Waals surface area contributed by atoms with Gasteiger partial charge in [0.15, 0.2) is 0 Å². The van der Waals surface area contributed by atoms with E-state index in [2.05, 4.69) is 0 Å². The van der Waals surface area contributed by atoms with Gasteiger partial charge in [0.05, 0.1) is 0 Å². The summed E-state index contributed by atoms with van der Waals surface area (Å²) in [6.45, 7) is 1.42. The van der Waals surface area contributed by atoms with E-state index >= 15 is 0 Å². The normalized spacial score (nSPS) is 14.2. The van der Waals surface area contributed by atoms with E-state index in [1.807, 2.05) is 24.3 Å². The molecule has 0 spiro atoms. The Morgan fingerprint density at radius 2 is 1.95 bits per heavy atom. The highest BCUT2D eigenvalue weighted by atomic mass is 19.1. The second-order valence-electron chi connectivity index (χ2n) is 5.25. The highest BCUT2D eigenvalue weighted by molar-refractivity contribution is 5.96. The Morgan fingerprint density at radius 1 is 1.14 bits per heavy atom. The molecule has 2 aromatic carbocycles. The minimum Gasteiger partial charge on any atom is -0.334 e. The van der Waals surface area contributed by atoms with Gasteiger partial charge in [0.2, 0.25) is 0 Å². The van der Waals surface area contributed by atoms with Crippen molar-refractivity contribution in [2.24, 2.45) is 5.73 Å². The van der Waals surface area contributed by atoms with E-state index < -0.39 is 0 Å². The number of amides is 1. The molecule has 3 rings (SSSR count). The van der Waals surface area contributed by atoms with Gasteiger partial charge in [0, 0.05) is 25.2 Å². The Balaban J connectivity index is 1.85. The van der Waals surface area contributed by atoms with Gasteiger partial charge in [-0.2, -0.15) is 0 Å². The first-order chi connectivity index (χ1) is 10.2. The van der Waals surface area contributed by atoms with Crippen LogP contribution in [0.2, 0.25) is 0 Å². The molecular formula is C17H17FN2O. The van der Waals surface area contributed by atoms with Gasteiger partial charge in [-0.05, 0) is 41.3 Å². The number of hydrogen-bond donors (Lipinski definition) is 1. The molecular weight excluding hydrogens is 267 g/mol. The number of nitrogens with zero attached hydrogens (tertiary/aromatic N) is 1. The number of benzene rings is 2. The van der Waals surface area contributed by atoms with Crippen molar-refractivity contribution in [3.05, 3.63) is 70.5 Å². The average molecular weight is 284 g/mol. The van der Waals surface area contributed by atoms with Crippen LogP contribution in [-0.2, 0) is 19.5 Å². The summed E-state index contributed by atoms with van der Waals surface area (Å²) in [4.78, 5) is 14.3. The summed E-state index contributed by atoms with van der Waals surface area (Å²) < 4.78 is 13.3. The maximum absolute atomic E-state index is 13.3. The van der Waals surface area contributed by atoms with Crippen LogP contribution < -0.4 is 5.73 Å². The van der Waals surface area contributed by atoms with E-state index in [1.54, 1.807) is 11.0 Å². The molecule has 1 heterocycles. The van der Waals surface area contributed by atoms with Crippen LogP contribution in [0.4, 0.5) is 4.39 Å². The molecule has 2 N–H and O–H groups in total. The molecule has 1 aliphatic rings. The van der Waals surface area contributed by atoms with Gasteiger partial charge in [-0.3, -0.25) is 4.79 Å². The van der Waals surface area contributed by atoms with Gasteiger partial charge in [0.1, 0.15) is 5.82 Å². The Bertz CT molecular complexity index is 684. The Hall–Kier alpha value is -2.20. The van der Waals surface area contributed by atoms with Crippen LogP contribution in [0, 0.1) is 5.82 Å². The van der Waals surface area contributed by atoms with E-state index in [0.29, 0.717) is 13.1 Å². The van der Waals surface area contributed by atoms with Crippen LogP contribution in [0.3, 0.4) is 0 Å². The first-order valence-corrected chi connectivity index (χ1v) is 7.03. The van der Waals surface area contributed by atoms with Crippen LogP contribution in [0.25, 0.3) is 0 Å². The monoisotopic (exact) mass is 284 g/mol. The van der Waals surface area contributed by atoms with E-state index in [1.165, 1.54) is 12.1 Å². The molecule has 108 valence electrons. The number of rotatable bonds is 3. The molecule has 0 aliphatic carbocycles. The molecule has 0 bridgehead atoms. The second-order valence-corrected chi connectivity index (χ2v) is 5.25. The first kappa shape index (κ1) is 13.8. The minimum absolute atomic E-state index is 0.0316. The third-order valence-corrected chi connectivity index (χ3v) is 3.94. The summed E-state index contributed by atoms with van der Waals surface area (Å²) in [5.41, 5.74) is 9.18. The molecule has 0 aromatic heterocycles. The van der Waals surface area contributed by atoms with Gasteiger partial charge in [-0.15, -0.1) is 0 Å². The molecule has 21 heavy (non-hydrogen) atoms. The minimum atomic E-state index is -0.297. The van der Waals surface area contributed by atoms with Crippen molar-refractivity contribution in [2.75, 3.05) is 6.54 Å². The van der Waals surface area contributed by atoms with Crippen LogP contribution >= 0.6 is 0 Å². The van der Waals surface area contributed by atoms with Crippen molar-refractivity contribution in [3.63, 3.8) is 0 Å². The smallest absolute Gasteiger partial charge is 0.254 e. The van der Waals surface area contributed by atoms with Crippen LogP contribution in [-0.4, -0.2) is 17.4 Å². The third kappa shape index (κ3) is 2.67. The van der Waals surface area contributed by atoms with Gasteiger partial charge >= 0.3 is 0 Å². The number of carbonyl (C=O) groups is 1. The standard InChI is InChI=1S/C17H17FN2O/c18-15-6-5-13(14(9-15)10-19)11-20-8-7-12-3-1-2-4-16(12)17(20)21/h1-6,9H,7-8,10-11,19H2. The summed E-state index contributed by atoms with van der Waals surface area (Å²) in [7, 11) is 0. The zero-order chi connectivity index (χ0) is 14.8. The predicted octanol–water partition coefficient (Wildman–Crippen LogP) is 2.48. The van der Waals surface area contributed by atoms with Crippen molar-refractivity contribution in [3.8, 4) is 0 Å². The van der Waals surface area contributed by atoms with Gasteiger partial charge in [0.25, 0.3) is 5.91 Å². The Kier molecular flexibility index (Phi) is 3.71. The molecule has 1 aliphatic heterocycles. The topological polar surface area (TPSA) is 46.3 Å². The van der Waals surface area contributed by atoms with Crippen LogP contribution in [0.5, 0.6) is 0 Å². The number of fused-ring (bicyclic) bond motifs is 1. The van der Waals surface area contributed by atoms with Crippen molar-refractivity contribution in [1.82, 2.24) is 4.90 Å². The molecule has 2 aromatic rings. The summed E-state index contributed by atoms with van der Waals surface area (Å²) in [6, 6.07) is 12.3. The molecule has 1 amide bonds. The quantitative estimate of drug-likeness (QED) is 0.941. The number of carbonyl (C=O) groups excluding carboxylic acids is 1. The van der Waals surface area contributed by atoms with Crippen molar-refractivity contribution in [2.45, 2.75) is 19.5 Å². The molecule has 0 saturated heterocycles. The molecule has 0 unspecified atom stereocenters. The number of nitrogens with two attached hydrogens (primary N) is 1. The fourth-order valence-electron chi connectivity index (χ4n) is 2.77. The van der Waals surface area contributed by atoms with Crippen molar-refractivity contribution < 1.29 is 9.18 Å². The lowest BCUT2D eigenvalue weighted by molar-refractivity contribution is 0.0726. The predicted molar refractivity (Wildman–Crippen MR) is 79.2 cm³/mol. The van der Waals surface area contributed by atoms with Crippen LogP contribution in [0.1, 0.15) is 27.0 Å². The molecule has 0 saturated carbocycles. The molecule has 0 fully saturated rings. The fraction of sp³-hybridized carbons (Fsp3) is 0.235. The largest absolute Gasteiger partial charge is 0.334 e. The van der Waals surface area contributed by atoms with Gasteiger partial charge < -0.3 is 10.6 Å². The maximum Gasteiger partial charge on any atom is 0.254 e. The lowest BCUT2D eigenvalue weighted by Crippen LogP contribution is -2.37. The second kappa shape index (κ2) is 5.66. The molecule has 0 atom stereocenters. The molecule has 4 heteroatoms. The molecule has 0 radical (unpaired) electrons. The van der Waals surface area contributed by atoms with Crippen molar-refractivity contribution >= 4 is 5.91 Å². The third-order valence-electron chi connectivity index (χ3n) is 3.94. The highest BCUT2D eigenvalue weighted by Crippen LogP contribution is 2.21.